The molecule has 72 valence electrons. The molecule has 0 saturated carbocycles. The molecule has 1 rings (SSSR count). The molecule has 1 atom stereocenters. The monoisotopic (exact) mass is 181 g/mol. The van der Waals surface area contributed by atoms with Gasteiger partial charge in [-0.05, 0) is 13.8 Å². The van der Waals surface area contributed by atoms with Crippen LogP contribution >= 0.6 is 0 Å². The molecule has 0 aliphatic carbocycles. The van der Waals surface area contributed by atoms with Gasteiger partial charge in [-0.1, -0.05) is 11.6 Å². The van der Waals surface area contributed by atoms with Crippen LogP contribution in [0.3, 0.4) is 0 Å². The lowest BCUT2D eigenvalue weighted by atomic mass is 10.1. The van der Waals surface area contributed by atoms with Gasteiger partial charge in [0.05, 0.1) is 6.04 Å². The highest BCUT2D eigenvalue weighted by molar-refractivity contribution is 5.13. The molecule has 0 amide bonds. The number of aromatic nitrogens is 1. The van der Waals surface area contributed by atoms with Crippen LogP contribution in [0.2, 0.25) is 0 Å². The van der Waals surface area contributed by atoms with E-state index in [0.717, 1.165) is 5.69 Å². The highest BCUT2D eigenvalue weighted by atomic mass is 16.3. The maximum absolute atomic E-state index is 5.39. The minimum Gasteiger partial charge on any atom is -0.449 e. The zero-order chi connectivity index (χ0) is 9.84. The van der Waals surface area contributed by atoms with Crippen LogP contribution in [-0.2, 0) is 0 Å². The zero-order valence-corrected chi connectivity index (χ0v) is 8.16. The van der Waals surface area contributed by atoms with Gasteiger partial charge in [0.15, 0.2) is 5.89 Å². The van der Waals surface area contributed by atoms with E-state index in [-0.39, 0.29) is 6.04 Å². The Bertz CT molecular complexity index is 300. The Balaban J connectivity index is 2.84. The Morgan fingerprint density at radius 1 is 1.69 bits per heavy atom. The predicted molar refractivity (Wildman–Crippen MR) is 50.7 cm³/mol. The lowest BCUT2D eigenvalue weighted by molar-refractivity contribution is 0.519. The molecule has 0 spiro atoms. The summed E-state index contributed by atoms with van der Waals surface area (Å²) in [7, 11) is 0. The Labute approximate surface area is 77.8 Å². The fraction of sp³-hybridized carbons (Fsp3) is 0.444. The zero-order valence-electron chi connectivity index (χ0n) is 8.16. The third-order valence-electron chi connectivity index (χ3n) is 1.63. The van der Waals surface area contributed by atoms with Gasteiger partial charge in [-0.25, -0.2) is 10.4 Å². The van der Waals surface area contributed by atoms with Gasteiger partial charge in [-0.2, -0.15) is 0 Å². The first kappa shape index (κ1) is 9.95. The Morgan fingerprint density at radius 2 is 2.38 bits per heavy atom. The number of aryl methyl sites for hydroxylation is 1. The lowest BCUT2D eigenvalue weighted by Gasteiger charge is -2.07. The van der Waals surface area contributed by atoms with E-state index in [4.69, 9.17) is 10.3 Å². The van der Waals surface area contributed by atoms with E-state index in [1.165, 1.54) is 5.57 Å². The first-order valence-electron chi connectivity index (χ1n) is 4.16. The van der Waals surface area contributed by atoms with Crippen molar-refractivity contribution < 1.29 is 4.42 Å². The van der Waals surface area contributed by atoms with Crippen LogP contribution in [0.25, 0.3) is 0 Å². The quantitative estimate of drug-likeness (QED) is 0.421. The second kappa shape index (κ2) is 4.20. The molecule has 0 bridgehead atoms. The standard InChI is InChI=1S/C9H15N3O/c1-6(2)4-8(12-10)9-5-13-7(3)11-9/h4-5,8,12H,10H2,1-3H3. The van der Waals surface area contributed by atoms with Gasteiger partial charge in [0, 0.05) is 6.92 Å². The van der Waals surface area contributed by atoms with Crippen LogP contribution in [0, 0.1) is 6.92 Å². The van der Waals surface area contributed by atoms with Crippen LogP contribution < -0.4 is 11.3 Å². The van der Waals surface area contributed by atoms with Crippen molar-refractivity contribution in [1.29, 1.82) is 0 Å². The first-order chi connectivity index (χ1) is 6.13. The number of rotatable bonds is 3. The van der Waals surface area contributed by atoms with E-state index in [0.29, 0.717) is 5.89 Å². The van der Waals surface area contributed by atoms with Crippen molar-refractivity contribution in [2.45, 2.75) is 26.8 Å². The number of hydrogen-bond acceptors (Lipinski definition) is 4. The van der Waals surface area contributed by atoms with Crippen molar-refractivity contribution >= 4 is 0 Å². The van der Waals surface area contributed by atoms with Gasteiger partial charge in [-0.3, -0.25) is 5.84 Å². The van der Waals surface area contributed by atoms with E-state index >= 15 is 0 Å². The third kappa shape index (κ3) is 2.68. The van der Waals surface area contributed by atoms with E-state index < -0.39 is 0 Å². The molecular weight excluding hydrogens is 166 g/mol. The third-order valence-corrected chi connectivity index (χ3v) is 1.63. The molecule has 0 aliphatic heterocycles. The highest BCUT2D eigenvalue weighted by Crippen LogP contribution is 2.14. The summed E-state index contributed by atoms with van der Waals surface area (Å²) in [5.74, 6) is 6.04. The Kier molecular flexibility index (Phi) is 3.22. The van der Waals surface area contributed by atoms with Gasteiger partial charge in [0.1, 0.15) is 12.0 Å². The SMILES string of the molecule is CC(C)=CC(NN)c1coc(C)n1. The summed E-state index contributed by atoms with van der Waals surface area (Å²) < 4.78 is 5.09. The summed E-state index contributed by atoms with van der Waals surface area (Å²) in [5, 5.41) is 0. The van der Waals surface area contributed by atoms with E-state index in [1.807, 2.05) is 19.9 Å². The summed E-state index contributed by atoms with van der Waals surface area (Å²) in [6.07, 6.45) is 3.61. The van der Waals surface area contributed by atoms with Gasteiger partial charge >= 0.3 is 0 Å². The van der Waals surface area contributed by atoms with Crippen LogP contribution in [0.15, 0.2) is 22.3 Å². The van der Waals surface area contributed by atoms with Crippen molar-refractivity contribution in [2.24, 2.45) is 5.84 Å². The molecule has 3 N–H and O–H groups in total. The molecule has 0 radical (unpaired) electrons. The smallest absolute Gasteiger partial charge is 0.191 e. The van der Waals surface area contributed by atoms with Crippen molar-refractivity contribution in [3.05, 3.63) is 29.5 Å². The molecule has 0 aromatic carbocycles. The molecule has 13 heavy (non-hydrogen) atoms. The van der Waals surface area contributed by atoms with Crippen molar-refractivity contribution in [3.63, 3.8) is 0 Å². The summed E-state index contributed by atoms with van der Waals surface area (Å²) >= 11 is 0. The topological polar surface area (TPSA) is 64.1 Å². The number of nitrogens with one attached hydrogen (secondary N) is 1. The molecule has 0 fully saturated rings. The fourth-order valence-electron chi connectivity index (χ4n) is 1.08. The molecule has 0 aliphatic rings. The molecule has 0 saturated heterocycles. The van der Waals surface area contributed by atoms with Gasteiger partial charge < -0.3 is 4.42 Å². The summed E-state index contributed by atoms with van der Waals surface area (Å²) in [6, 6.07) is -0.0672. The fourth-order valence-corrected chi connectivity index (χ4v) is 1.08. The number of oxazole rings is 1. The minimum atomic E-state index is -0.0672. The summed E-state index contributed by atoms with van der Waals surface area (Å²) in [4.78, 5) is 4.18. The van der Waals surface area contributed by atoms with Gasteiger partial charge in [0.25, 0.3) is 0 Å². The lowest BCUT2D eigenvalue weighted by Crippen LogP contribution is -2.27. The van der Waals surface area contributed by atoms with Crippen molar-refractivity contribution in [3.8, 4) is 0 Å². The Morgan fingerprint density at radius 3 is 2.77 bits per heavy atom. The molecule has 1 aromatic rings. The second-order valence-corrected chi connectivity index (χ2v) is 3.18. The largest absolute Gasteiger partial charge is 0.449 e. The number of hydrogen-bond donors (Lipinski definition) is 2. The molecule has 4 nitrogen and oxygen atoms in total. The second-order valence-electron chi connectivity index (χ2n) is 3.18. The van der Waals surface area contributed by atoms with E-state index in [9.17, 15) is 0 Å². The predicted octanol–water partition coefficient (Wildman–Crippen LogP) is 1.45. The molecule has 1 aromatic heterocycles. The number of nitrogens with two attached hydrogens (primary N) is 1. The summed E-state index contributed by atoms with van der Waals surface area (Å²) in [6.45, 7) is 5.83. The maximum Gasteiger partial charge on any atom is 0.191 e. The van der Waals surface area contributed by atoms with Crippen LogP contribution in [0.1, 0.15) is 31.5 Å². The van der Waals surface area contributed by atoms with Crippen molar-refractivity contribution in [2.75, 3.05) is 0 Å². The molecular formula is C9H15N3O. The number of allylic oxidation sites excluding steroid dienone is 1. The highest BCUT2D eigenvalue weighted by Gasteiger charge is 2.10. The maximum atomic E-state index is 5.39. The van der Waals surface area contributed by atoms with Crippen LogP contribution in [-0.4, -0.2) is 4.98 Å². The Hall–Kier alpha value is -1.13. The normalized spacial score (nSPS) is 12.6. The average molecular weight is 181 g/mol. The summed E-state index contributed by atoms with van der Waals surface area (Å²) in [5.41, 5.74) is 4.65. The van der Waals surface area contributed by atoms with Gasteiger partial charge in [-0.15, -0.1) is 0 Å². The first-order valence-corrected chi connectivity index (χ1v) is 4.16. The molecule has 4 heteroatoms. The molecule has 1 unspecified atom stereocenters. The van der Waals surface area contributed by atoms with Crippen LogP contribution in [0.5, 0.6) is 0 Å². The number of hydrazine groups is 1. The molecule has 1 heterocycles. The average Bonchev–Trinajstić information content (AvgIpc) is 2.47. The van der Waals surface area contributed by atoms with E-state index in [1.54, 1.807) is 13.2 Å². The minimum absolute atomic E-state index is 0.0672. The van der Waals surface area contributed by atoms with Crippen LogP contribution in [0.4, 0.5) is 0 Å². The number of nitrogens with zero attached hydrogens (tertiary/aromatic N) is 1. The van der Waals surface area contributed by atoms with Crippen molar-refractivity contribution in [1.82, 2.24) is 10.4 Å². The van der Waals surface area contributed by atoms with E-state index in [2.05, 4.69) is 10.4 Å². The van der Waals surface area contributed by atoms with Gasteiger partial charge in [0.2, 0.25) is 0 Å².